The highest BCUT2D eigenvalue weighted by Gasteiger charge is 2.54. The average molecular weight is 913 g/mol. The van der Waals surface area contributed by atoms with E-state index in [-0.39, 0.29) is 29.2 Å². The lowest BCUT2D eigenvalue weighted by atomic mass is 9.59. The standard InChI is InChI=1S/C54H62ClN5O6/c1-34(33-66-48-20-25-56-47-14-5-9-35(2)51(47)48)27-42-29-40-16-18-45(31-46(40)53(42)21-23-54(24-22-53,52(63)64)60-44-13-7-12-43(55)30-44)65-26-8-15-50(62)58-36(3)38-10-6-11-39(28-38)41-17-19-49(57-32-41)59-37(4)61/h6-7,10-13,16-20,25,28,30-32,34-36,42,60H,5,8-9,14-15,21-24,26-27,29,33H2,1-4H3,(H,58,62)(H,63,64)(H,57,59,61)/t34-,35-,36-,42?,53?,54?/m1/s1. The topological polar surface area (TPSA) is 152 Å². The minimum atomic E-state index is -1.12. The maximum atomic E-state index is 13.2. The molecule has 2 amide bonds. The van der Waals surface area contributed by atoms with Gasteiger partial charge >= 0.3 is 5.97 Å². The SMILES string of the molecule is CC(=O)Nc1ccc(-c2cccc([C@@H](C)NC(=O)CCCOc3ccc4c(c3)C3(CCC(Nc5cccc(Cl)c5)(C(=O)O)CC3)C(C[C@@H](C)COc3ccnc5c3[C@H](C)CCC5)C4)c2)cn1. The molecule has 4 atom stereocenters. The van der Waals surface area contributed by atoms with Crippen LogP contribution in [0.2, 0.25) is 5.02 Å². The lowest BCUT2D eigenvalue weighted by Crippen LogP contribution is -2.53. The summed E-state index contributed by atoms with van der Waals surface area (Å²) in [7, 11) is 0. The molecular weight excluding hydrogens is 850 g/mol. The summed E-state index contributed by atoms with van der Waals surface area (Å²) in [5.74, 6) is 2.12. The lowest BCUT2D eigenvalue weighted by Gasteiger charge is -2.47. The molecule has 346 valence electrons. The number of carbonyl (C=O) groups is 3. The third kappa shape index (κ3) is 10.5. The van der Waals surface area contributed by atoms with E-state index in [0.717, 1.165) is 66.0 Å². The van der Waals surface area contributed by atoms with Crippen LogP contribution in [0.25, 0.3) is 11.1 Å². The lowest BCUT2D eigenvalue weighted by molar-refractivity contribution is -0.144. The predicted octanol–water partition coefficient (Wildman–Crippen LogP) is 11.3. The molecule has 3 aromatic carbocycles. The molecule has 3 aliphatic carbocycles. The first-order valence-electron chi connectivity index (χ1n) is 23.6. The van der Waals surface area contributed by atoms with Gasteiger partial charge in [0, 0.05) is 53.3 Å². The van der Waals surface area contributed by atoms with Crippen LogP contribution in [0, 0.1) is 11.8 Å². The summed E-state index contributed by atoms with van der Waals surface area (Å²) in [6, 6.07) is 27.2. The Hall–Kier alpha value is -5.94. The Balaban J connectivity index is 0.919. The number of aliphatic carboxylic acids is 1. The van der Waals surface area contributed by atoms with Crippen molar-refractivity contribution in [2.45, 2.75) is 121 Å². The number of anilines is 2. The van der Waals surface area contributed by atoms with E-state index in [9.17, 15) is 19.5 Å². The van der Waals surface area contributed by atoms with Gasteiger partial charge in [0.1, 0.15) is 22.9 Å². The van der Waals surface area contributed by atoms with Crippen molar-refractivity contribution in [3.63, 3.8) is 0 Å². The second kappa shape index (κ2) is 20.3. The number of halogens is 1. The molecule has 12 heteroatoms. The maximum Gasteiger partial charge on any atom is 0.329 e. The van der Waals surface area contributed by atoms with E-state index in [1.165, 1.54) is 23.6 Å². The second-order valence-electron chi connectivity index (χ2n) is 19.0. The minimum Gasteiger partial charge on any atom is -0.494 e. The molecule has 2 aromatic heterocycles. The summed E-state index contributed by atoms with van der Waals surface area (Å²) in [6.45, 7) is 8.95. The number of pyridine rings is 2. The third-order valence-electron chi connectivity index (χ3n) is 14.2. The number of carboxylic acid groups (broad SMARTS) is 1. The molecule has 11 nitrogen and oxygen atoms in total. The van der Waals surface area contributed by atoms with Gasteiger partial charge in [-0.05, 0) is 171 Å². The van der Waals surface area contributed by atoms with Gasteiger partial charge in [0.2, 0.25) is 11.8 Å². The molecule has 0 bridgehead atoms. The normalized spacial score (nSPS) is 21.8. The molecule has 1 unspecified atom stereocenters. The van der Waals surface area contributed by atoms with Crippen molar-refractivity contribution in [2.24, 2.45) is 11.8 Å². The molecule has 3 aliphatic rings. The number of nitrogens with zero attached hydrogens (tertiary/aromatic N) is 2. The molecule has 1 fully saturated rings. The van der Waals surface area contributed by atoms with Crippen molar-refractivity contribution >= 4 is 40.9 Å². The average Bonchev–Trinajstić information content (AvgIpc) is 3.58. The molecule has 8 rings (SSSR count). The van der Waals surface area contributed by atoms with E-state index in [1.807, 2.05) is 67.7 Å². The van der Waals surface area contributed by atoms with Crippen LogP contribution in [-0.2, 0) is 32.6 Å². The van der Waals surface area contributed by atoms with Crippen LogP contribution in [0.3, 0.4) is 0 Å². The van der Waals surface area contributed by atoms with E-state index in [1.54, 1.807) is 24.4 Å². The molecule has 66 heavy (non-hydrogen) atoms. The van der Waals surface area contributed by atoms with E-state index in [2.05, 4.69) is 51.9 Å². The molecule has 0 aliphatic heterocycles. The number of amides is 2. The van der Waals surface area contributed by atoms with Crippen LogP contribution >= 0.6 is 11.6 Å². The molecular formula is C54H62ClN5O6. The Morgan fingerprint density at radius 3 is 2.50 bits per heavy atom. The molecule has 0 saturated heterocycles. The van der Waals surface area contributed by atoms with Crippen LogP contribution in [0.4, 0.5) is 11.5 Å². The number of carboxylic acids is 1. The van der Waals surface area contributed by atoms with Gasteiger partial charge in [-0.3, -0.25) is 14.6 Å². The highest BCUT2D eigenvalue weighted by molar-refractivity contribution is 6.30. The first-order chi connectivity index (χ1) is 31.8. The molecule has 5 aromatic rings. The Labute approximate surface area is 393 Å². The number of ether oxygens (including phenoxy) is 2. The molecule has 1 spiro atoms. The van der Waals surface area contributed by atoms with Crippen LogP contribution < -0.4 is 25.4 Å². The van der Waals surface area contributed by atoms with Crippen molar-refractivity contribution in [3.8, 4) is 22.6 Å². The van der Waals surface area contributed by atoms with Crippen molar-refractivity contribution < 1.29 is 29.0 Å². The highest BCUT2D eigenvalue weighted by atomic mass is 35.5. The zero-order valence-corrected chi connectivity index (χ0v) is 39.3. The number of fused-ring (bicyclic) bond motifs is 3. The molecule has 4 N–H and O–H groups in total. The fraction of sp³-hybridized carbons (Fsp3) is 0.426. The van der Waals surface area contributed by atoms with Gasteiger partial charge in [0.15, 0.2) is 0 Å². The maximum absolute atomic E-state index is 13.2. The van der Waals surface area contributed by atoms with Gasteiger partial charge in [-0.25, -0.2) is 9.78 Å². The number of carbonyl (C=O) groups excluding carboxylic acids is 2. The van der Waals surface area contributed by atoms with Crippen molar-refractivity contribution in [1.82, 2.24) is 15.3 Å². The van der Waals surface area contributed by atoms with Crippen LogP contribution in [0.15, 0.2) is 97.3 Å². The minimum absolute atomic E-state index is 0.0551. The number of aromatic nitrogens is 2. The monoisotopic (exact) mass is 911 g/mol. The Morgan fingerprint density at radius 1 is 0.924 bits per heavy atom. The number of hydrogen-bond donors (Lipinski definition) is 4. The van der Waals surface area contributed by atoms with Gasteiger partial charge in [0.05, 0.1) is 19.3 Å². The van der Waals surface area contributed by atoms with Crippen LogP contribution in [0.5, 0.6) is 11.5 Å². The van der Waals surface area contributed by atoms with Gasteiger partial charge in [-0.15, -0.1) is 0 Å². The van der Waals surface area contributed by atoms with Gasteiger partial charge < -0.3 is 30.5 Å². The fourth-order valence-corrected chi connectivity index (χ4v) is 11.0. The van der Waals surface area contributed by atoms with Crippen molar-refractivity contribution in [2.75, 3.05) is 23.8 Å². The smallest absolute Gasteiger partial charge is 0.329 e. The Morgan fingerprint density at radius 2 is 1.74 bits per heavy atom. The van der Waals surface area contributed by atoms with Crippen molar-refractivity contribution in [1.29, 1.82) is 0 Å². The van der Waals surface area contributed by atoms with Gasteiger partial charge in [0.25, 0.3) is 0 Å². The first kappa shape index (κ1) is 46.6. The Bertz CT molecular complexity index is 2540. The summed E-state index contributed by atoms with van der Waals surface area (Å²) >= 11 is 6.33. The molecule has 0 radical (unpaired) electrons. The fourth-order valence-electron chi connectivity index (χ4n) is 10.8. The second-order valence-corrected chi connectivity index (χ2v) is 19.4. The number of benzene rings is 3. The zero-order chi connectivity index (χ0) is 46.4. The van der Waals surface area contributed by atoms with Gasteiger partial charge in [-0.1, -0.05) is 55.8 Å². The summed E-state index contributed by atoms with van der Waals surface area (Å²) < 4.78 is 13.0. The first-order valence-corrected chi connectivity index (χ1v) is 24.0. The third-order valence-corrected chi connectivity index (χ3v) is 14.5. The Kier molecular flexibility index (Phi) is 14.3. The quantitative estimate of drug-likeness (QED) is 0.0668. The van der Waals surface area contributed by atoms with Crippen LogP contribution in [-0.4, -0.2) is 51.6 Å². The molecule has 1 saturated carbocycles. The highest BCUT2D eigenvalue weighted by Crippen LogP contribution is 2.57. The number of rotatable bonds is 17. The van der Waals surface area contributed by atoms with E-state index in [0.29, 0.717) is 80.1 Å². The summed E-state index contributed by atoms with van der Waals surface area (Å²) in [5.41, 5.74) is 7.17. The predicted molar refractivity (Wildman–Crippen MR) is 259 cm³/mol. The van der Waals surface area contributed by atoms with E-state index < -0.39 is 11.5 Å². The largest absolute Gasteiger partial charge is 0.494 e. The number of nitrogens with one attached hydrogen (secondary N) is 3. The van der Waals surface area contributed by atoms with Gasteiger partial charge in [-0.2, -0.15) is 0 Å². The summed E-state index contributed by atoms with van der Waals surface area (Å²) in [4.78, 5) is 46.7. The summed E-state index contributed by atoms with van der Waals surface area (Å²) in [5, 5.41) is 20.5. The van der Waals surface area contributed by atoms with Crippen molar-refractivity contribution in [3.05, 3.63) is 130 Å². The summed E-state index contributed by atoms with van der Waals surface area (Å²) in [6.07, 6.45) is 11.9. The molecule has 2 heterocycles. The zero-order valence-electron chi connectivity index (χ0n) is 38.5. The van der Waals surface area contributed by atoms with E-state index in [4.69, 9.17) is 21.1 Å². The number of aryl methyl sites for hydroxylation is 1. The number of hydrogen-bond acceptors (Lipinski definition) is 8. The van der Waals surface area contributed by atoms with E-state index >= 15 is 0 Å². The van der Waals surface area contributed by atoms with Crippen LogP contribution in [0.1, 0.15) is 125 Å².